The molecule has 1 aliphatic rings. The number of hydrogen-bond donors (Lipinski definition) is 2. The Morgan fingerprint density at radius 3 is 3.06 bits per heavy atom. The minimum atomic E-state index is -0.816. The number of carbonyl (C=O) groups is 1. The predicted molar refractivity (Wildman–Crippen MR) is 63.7 cm³/mol. The molecule has 0 saturated carbocycles. The zero-order chi connectivity index (χ0) is 12.2. The van der Waals surface area contributed by atoms with Crippen molar-refractivity contribution in [3.05, 3.63) is 26.6 Å². The van der Waals surface area contributed by atoms with Crippen LogP contribution in [0.4, 0.5) is 0 Å². The van der Waals surface area contributed by atoms with Gasteiger partial charge in [-0.05, 0) is 25.3 Å². The highest BCUT2D eigenvalue weighted by Gasteiger charge is 2.33. The summed E-state index contributed by atoms with van der Waals surface area (Å²) in [6, 6.07) is 0. The number of thiophene rings is 1. The van der Waals surface area contributed by atoms with Crippen molar-refractivity contribution in [3.8, 4) is 0 Å². The number of aromatic amines is 1. The molecule has 2 N–H and O–H groups in total. The summed E-state index contributed by atoms with van der Waals surface area (Å²) < 4.78 is 0. The number of rotatable bonds is 1. The summed E-state index contributed by atoms with van der Waals surface area (Å²) in [6.07, 6.45) is 1.24. The van der Waals surface area contributed by atoms with Gasteiger partial charge >= 0.3 is 5.97 Å². The molecule has 0 radical (unpaired) electrons. The van der Waals surface area contributed by atoms with Crippen LogP contribution in [0.15, 0.2) is 4.79 Å². The van der Waals surface area contributed by atoms with E-state index in [1.807, 2.05) is 0 Å². The van der Waals surface area contributed by atoms with Crippen molar-refractivity contribution in [1.29, 1.82) is 0 Å². The van der Waals surface area contributed by atoms with Gasteiger partial charge in [0.25, 0.3) is 5.56 Å². The summed E-state index contributed by atoms with van der Waals surface area (Å²) in [6.45, 7) is 1.72. The number of H-pyrrole nitrogens is 1. The van der Waals surface area contributed by atoms with E-state index < -0.39 is 11.9 Å². The minimum Gasteiger partial charge on any atom is -0.481 e. The molecule has 0 bridgehead atoms. The molecule has 1 unspecified atom stereocenters. The van der Waals surface area contributed by atoms with Gasteiger partial charge in [0.2, 0.25) is 0 Å². The Balaban J connectivity index is 2.34. The fraction of sp³-hybridized carbons (Fsp3) is 0.364. The van der Waals surface area contributed by atoms with Crippen LogP contribution in [-0.2, 0) is 11.2 Å². The van der Waals surface area contributed by atoms with Gasteiger partial charge in [-0.25, -0.2) is 4.98 Å². The first-order chi connectivity index (χ1) is 8.08. The normalized spacial score (nSPS) is 18.5. The zero-order valence-electron chi connectivity index (χ0n) is 9.11. The number of aromatic nitrogens is 2. The Labute approximate surface area is 100 Å². The first-order valence-corrected chi connectivity index (χ1v) is 6.14. The van der Waals surface area contributed by atoms with E-state index in [1.54, 1.807) is 6.92 Å². The standard InChI is InChI=1S/C11H10N2O3S/c1-4-12-9(14)7-5-2-3-6(11(15)16)8(5)17-10(7)13-4/h6H,2-3H2,1H3,(H,15,16)(H,12,13,14). The topological polar surface area (TPSA) is 83.0 Å². The lowest BCUT2D eigenvalue weighted by molar-refractivity contribution is -0.138. The number of nitrogens with one attached hydrogen (secondary N) is 1. The molecule has 0 fully saturated rings. The molecule has 2 aromatic heterocycles. The van der Waals surface area contributed by atoms with E-state index in [2.05, 4.69) is 9.97 Å². The molecule has 0 saturated heterocycles. The number of nitrogens with zero attached hydrogens (tertiary/aromatic N) is 1. The molecular weight excluding hydrogens is 240 g/mol. The molecule has 5 nitrogen and oxygen atoms in total. The fourth-order valence-electron chi connectivity index (χ4n) is 2.37. The maximum absolute atomic E-state index is 11.9. The van der Waals surface area contributed by atoms with E-state index in [9.17, 15) is 9.59 Å². The van der Waals surface area contributed by atoms with E-state index >= 15 is 0 Å². The average Bonchev–Trinajstić information content (AvgIpc) is 2.73. The van der Waals surface area contributed by atoms with E-state index in [4.69, 9.17) is 5.11 Å². The molecule has 17 heavy (non-hydrogen) atoms. The lowest BCUT2D eigenvalue weighted by Crippen LogP contribution is -2.09. The van der Waals surface area contributed by atoms with Crippen molar-refractivity contribution in [2.45, 2.75) is 25.7 Å². The van der Waals surface area contributed by atoms with Gasteiger partial charge in [-0.2, -0.15) is 0 Å². The Morgan fingerprint density at radius 1 is 1.59 bits per heavy atom. The summed E-state index contributed by atoms with van der Waals surface area (Å²) in [5, 5.41) is 9.69. The first kappa shape index (κ1) is 10.5. The minimum absolute atomic E-state index is 0.156. The summed E-state index contributed by atoms with van der Waals surface area (Å²) in [5.41, 5.74) is 0.724. The zero-order valence-corrected chi connectivity index (χ0v) is 9.93. The molecule has 2 aromatic rings. The lowest BCUT2D eigenvalue weighted by Gasteiger charge is -2.00. The van der Waals surface area contributed by atoms with Gasteiger partial charge in [0, 0.05) is 4.88 Å². The number of fused-ring (bicyclic) bond motifs is 3. The number of aliphatic carboxylic acids is 1. The SMILES string of the molecule is Cc1nc2sc3c(c2c(=O)[nH]1)CCC3C(=O)O. The second-order valence-corrected chi connectivity index (χ2v) is 5.24. The number of carboxylic acids is 1. The second kappa shape index (κ2) is 3.40. The fourth-order valence-corrected chi connectivity index (χ4v) is 3.77. The van der Waals surface area contributed by atoms with Crippen LogP contribution in [-0.4, -0.2) is 21.0 Å². The van der Waals surface area contributed by atoms with Gasteiger partial charge in [-0.3, -0.25) is 9.59 Å². The molecule has 2 heterocycles. The highest BCUT2D eigenvalue weighted by Crippen LogP contribution is 2.42. The maximum Gasteiger partial charge on any atom is 0.311 e. The van der Waals surface area contributed by atoms with Crippen LogP contribution < -0.4 is 5.56 Å². The summed E-state index contributed by atoms with van der Waals surface area (Å²) in [4.78, 5) is 31.3. The summed E-state index contributed by atoms with van der Waals surface area (Å²) in [7, 11) is 0. The van der Waals surface area contributed by atoms with Crippen molar-refractivity contribution < 1.29 is 9.90 Å². The number of carboxylic acid groups (broad SMARTS) is 1. The average molecular weight is 250 g/mol. The molecule has 0 amide bonds. The molecule has 0 aromatic carbocycles. The summed E-state index contributed by atoms with van der Waals surface area (Å²) >= 11 is 1.34. The van der Waals surface area contributed by atoms with Crippen LogP contribution in [0.2, 0.25) is 0 Å². The third-order valence-corrected chi connectivity index (χ3v) is 4.35. The molecule has 3 rings (SSSR count). The van der Waals surface area contributed by atoms with E-state index in [0.29, 0.717) is 28.9 Å². The molecular formula is C11H10N2O3S. The Kier molecular flexibility index (Phi) is 2.09. The number of hydrogen-bond acceptors (Lipinski definition) is 4. The van der Waals surface area contributed by atoms with Gasteiger partial charge in [0.15, 0.2) is 0 Å². The molecule has 1 aliphatic carbocycles. The monoisotopic (exact) mass is 250 g/mol. The third-order valence-electron chi connectivity index (χ3n) is 3.11. The van der Waals surface area contributed by atoms with E-state index in [1.165, 1.54) is 11.3 Å². The molecule has 0 aliphatic heterocycles. The van der Waals surface area contributed by atoms with Gasteiger partial charge < -0.3 is 10.1 Å². The predicted octanol–water partition coefficient (Wildman–Crippen LogP) is 1.41. The van der Waals surface area contributed by atoms with Crippen molar-refractivity contribution in [2.75, 3.05) is 0 Å². The van der Waals surface area contributed by atoms with Crippen molar-refractivity contribution in [1.82, 2.24) is 9.97 Å². The van der Waals surface area contributed by atoms with E-state index in [0.717, 1.165) is 10.4 Å². The molecule has 88 valence electrons. The second-order valence-electron chi connectivity index (χ2n) is 4.21. The van der Waals surface area contributed by atoms with Gasteiger partial charge in [-0.15, -0.1) is 11.3 Å². The Hall–Kier alpha value is -1.69. The van der Waals surface area contributed by atoms with Crippen LogP contribution in [0.5, 0.6) is 0 Å². The quantitative estimate of drug-likeness (QED) is 0.801. The van der Waals surface area contributed by atoms with Gasteiger partial charge in [0.05, 0.1) is 11.3 Å². The van der Waals surface area contributed by atoms with Crippen LogP contribution in [0.25, 0.3) is 10.2 Å². The molecule has 6 heteroatoms. The maximum atomic E-state index is 11.9. The van der Waals surface area contributed by atoms with Crippen LogP contribution in [0, 0.1) is 6.92 Å². The first-order valence-electron chi connectivity index (χ1n) is 5.33. The third kappa shape index (κ3) is 1.40. The largest absolute Gasteiger partial charge is 0.481 e. The van der Waals surface area contributed by atoms with Crippen molar-refractivity contribution in [2.24, 2.45) is 0 Å². The van der Waals surface area contributed by atoms with E-state index in [-0.39, 0.29) is 5.56 Å². The summed E-state index contributed by atoms with van der Waals surface area (Å²) in [5.74, 6) is -0.721. The van der Waals surface area contributed by atoms with Crippen LogP contribution in [0.1, 0.15) is 28.6 Å². The van der Waals surface area contributed by atoms with Gasteiger partial charge in [-0.1, -0.05) is 0 Å². The number of aryl methyl sites for hydroxylation is 2. The van der Waals surface area contributed by atoms with Crippen molar-refractivity contribution in [3.63, 3.8) is 0 Å². The van der Waals surface area contributed by atoms with Crippen molar-refractivity contribution >= 4 is 27.5 Å². The van der Waals surface area contributed by atoms with Gasteiger partial charge in [0.1, 0.15) is 10.7 Å². The smallest absolute Gasteiger partial charge is 0.311 e. The lowest BCUT2D eigenvalue weighted by atomic mass is 10.1. The molecule has 0 spiro atoms. The molecule has 1 atom stereocenters. The Bertz CT molecular complexity index is 686. The Morgan fingerprint density at radius 2 is 2.35 bits per heavy atom. The van der Waals surface area contributed by atoms with Crippen LogP contribution >= 0.6 is 11.3 Å². The highest BCUT2D eigenvalue weighted by atomic mass is 32.1. The van der Waals surface area contributed by atoms with Crippen LogP contribution in [0.3, 0.4) is 0 Å². The highest BCUT2D eigenvalue weighted by molar-refractivity contribution is 7.19.